The van der Waals surface area contributed by atoms with Gasteiger partial charge in [-0.2, -0.15) is 0 Å². The molecule has 2 rings (SSSR count). The van der Waals surface area contributed by atoms with Crippen molar-refractivity contribution in [3.63, 3.8) is 0 Å². The molecule has 0 spiro atoms. The van der Waals surface area contributed by atoms with Crippen molar-refractivity contribution in [2.45, 2.75) is 19.5 Å². The second kappa shape index (κ2) is 5.53. The van der Waals surface area contributed by atoms with Crippen molar-refractivity contribution in [3.8, 4) is 0 Å². The van der Waals surface area contributed by atoms with Gasteiger partial charge in [0, 0.05) is 49.0 Å². The first-order chi connectivity index (χ1) is 8.06. The van der Waals surface area contributed by atoms with E-state index in [-0.39, 0.29) is 0 Å². The Kier molecular flexibility index (Phi) is 4.26. The minimum absolute atomic E-state index is 0.450. The van der Waals surface area contributed by atoms with Crippen LogP contribution < -0.4 is 0 Å². The number of rotatable bonds is 2. The van der Waals surface area contributed by atoms with Crippen LogP contribution in [0.4, 0.5) is 0 Å². The predicted octanol–water partition coefficient (Wildman–Crippen LogP) is 2.52. The molecule has 1 aliphatic heterocycles. The maximum atomic E-state index is 6.15. The van der Waals surface area contributed by atoms with Crippen molar-refractivity contribution < 1.29 is 0 Å². The monoisotopic (exact) mass is 273 g/mol. The Labute approximate surface area is 112 Å². The van der Waals surface area contributed by atoms with Gasteiger partial charge >= 0.3 is 0 Å². The SMILES string of the molecule is CC1CN(Cc2cnc(Cl)cc2Cl)CCN1C. The van der Waals surface area contributed by atoms with Crippen LogP contribution in [0, 0.1) is 0 Å². The summed E-state index contributed by atoms with van der Waals surface area (Å²) in [6, 6.07) is 2.29. The van der Waals surface area contributed by atoms with Crippen molar-refractivity contribution in [2.75, 3.05) is 26.7 Å². The van der Waals surface area contributed by atoms with Crippen LogP contribution in [-0.2, 0) is 6.54 Å². The van der Waals surface area contributed by atoms with E-state index < -0.39 is 0 Å². The van der Waals surface area contributed by atoms with Crippen LogP contribution in [0.1, 0.15) is 12.5 Å². The third-order valence-electron chi connectivity index (χ3n) is 3.33. The number of pyridine rings is 1. The highest BCUT2D eigenvalue weighted by Crippen LogP contribution is 2.21. The Balaban J connectivity index is 2.01. The minimum atomic E-state index is 0.450. The van der Waals surface area contributed by atoms with Gasteiger partial charge in [0.25, 0.3) is 0 Å². The van der Waals surface area contributed by atoms with E-state index in [4.69, 9.17) is 23.2 Å². The number of hydrogen-bond acceptors (Lipinski definition) is 3. The highest BCUT2D eigenvalue weighted by Gasteiger charge is 2.21. The van der Waals surface area contributed by atoms with Crippen molar-refractivity contribution in [1.82, 2.24) is 14.8 Å². The molecule has 5 heteroatoms. The first-order valence-corrected chi connectivity index (χ1v) is 6.54. The number of halogens is 2. The van der Waals surface area contributed by atoms with Crippen molar-refractivity contribution >= 4 is 23.2 Å². The summed E-state index contributed by atoms with van der Waals surface area (Å²) in [4.78, 5) is 8.86. The molecule has 1 atom stereocenters. The Morgan fingerprint density at radius 3 is 2.82 bits per heavy atom. The molecule has 3 nitrogen and oxygen atoms in total. The third-order valence-corrected chi connectivity index (χ3v) is 3.89. The molecule has 0 saturated carbocycles. The van der Waals surface area contributed by atoms with E-state index >= 15 is 0 Å². The molecule has 0 N–H and O–H groups in total. The molecule has 1 aromatic rings. The Bertz CT molecular complexity index is 397. The molecular weight excluding hydrogens is 257 g/mol. The van der Waals surface area contributed by atoms with Gasteiger partial charge < -0.3 is 4.90 Å². The van der Waals surface area contributed by atoms with E-state index in [2.05, 4.69) is 28.8 Å². The second-order valence-corrected chi connectivity index (χ2v) is 5.46. The first-order valence-electron chi connectivity index (χ1n) is 5.79. The summed E-state index contributed by atoms with van der Waals surface area (Å²) in [6.45, 7) is 6.32. The molecular formula is C12H17Cl2N3. The van der Waals surface area contributed by atoms with Crippen molar-refractivity contribution in [3.05, 3.63) is 28.0 Å². The van der Waals surface area contributed by atoms with Gasteiger partial charge in [-0.25, -0.2) is 4.98 Å². The lowest BCUT2D eigenvalue weighted by atomic mass is 10.2. The maximum Gasteiger partial charge on any atom is 0.130 e. The Morgan fingerprint density at radius 2 is 2.18 bits per heavy atom. The van der Waals surface area contributed by atoms with Gasteiger partial charge in [0.05, 0.1) is 0 Å². The van der Waals surface area contributed by atoms with E-state index in [9.17, 15) is 0 Å². The molecule has 0 amide bonds. The van der Waals surface area contributed by atoms with Gasteiger partial charge in [-0.05, 0) is 20.0 Å². The van der Waals surface area contributed by atoms with Crippen LogP contribution in [0.15, 0.2) is 12.3 Å². The molecule has 0 aromatic carbocycles. The standard InChI is InChI=1S/C12H17Cl2N3/c1-9-7-17(4-3-16(9)2)8-10-6-15-12(14)5-11(10)13/h5-6,9H,3-4,7-8H2,1-2H3. The van der Waals surface area contributed by atoms with Gasteiger partial charge in [-0.1, -0.05) is 23.2 Å². The van der Waals surface area contributed by atoms with Crippen LogP contribution in [-0.4, -0.2) is 47.5 Å². The summed E-state index contributed by atoms with van der Waals surface area (Å²) in [5.41, 5.74) is 1.05. The number of likely N-dealkylation sites (N-methyl/N-ethyl adjacent to an activating group) is 1. The number of nitrogens with zero attached hydrogens (tertiary/aromatic N) is 3. The van der Waals surface area contributed by atoms with Crippen LogP contribution in [0.2, 0.25) is 10.2 Å². The summed E-state index contributed by atoms with van der Waals surface area (Å²) in [5, 5.41) is 1.15. The highest BCUT2D eigenvalue weighted by molar-refractivity contribution is 6.34. The molecule has 1 aromatic heterocycles. The number of piperazine rings is 1. The lowest BCUT2D eigenvalue weighted by Crippen LogP contribution is -2.49. The molecule has 1 unspecified atom stereocenters. The van der Waals surface area contributed by atoms with Crippen LogP contribution in [0.3, 0.4) is 0 Å². The second-order valence-electron chi connectivity index (χ2n) is 4.66. The Morgan fingerprint density at radius 1 is 1.41 bits per heavy atom. The molecule has 0 bridgehead atoms. The average Bonchev–Trinajstić information content (AvgIpc) is 2.27. The quantitative estimate of drug-likeness (QED) is 0.772. The van der Waals surface area contributed by atoms with Crippen LogP contribution >= 0.6 is 23.2 Å². The fraction of sp³-hybridized carbons (Fsp3) is 0.583. The van der Waals surface area contributed by atoms with Gasteiger partial charge in [0.15, 0.2) is 0 Å². The summed E-state index contributed by atoms with van der Waals surface area (Å²) in [7, 11) is 2.17. The zero-order valence-electron chi connectivity index (χ0n) is 10.2. The lowest BCUT2D eigenvalue weighted by molar-refractivity contribution is 0.0999. The maximum absolute atomic E-state index is 6.15. The molecule has 0 aliphatic carbocycles. The number of hydrogen-bond donors (Lipinski definition) is 0. The van der Waals surface area contributed by atoms with Crippen molar-refractivity contribution in [2.24, 2.45) is 0 Å². The number of aromatic nitrogens is 1. The van der Waals surface area contributed by atoms with E-state index in [0.717, 1.165) is 31.7 Å². The smallest absolute Gasteiger partial charge is 0.130 e. The van der Waals surface area contributed by atoms with Gasteiger partial charge in [-0.3, -0.25) is 4.90 Å². The fourth-order valence-corrected chi connectivity index (χ4v) is 2.49. The molecule has 17 heavy (non-hydrogen) atoms. The molecule has 0 radical (unpaired) electrons. The van der Waals surface area contributed by atoms with Crippen molar-refractivity contribution in [1.29, 1.82) is 0 Å². The topological polar surface area (TPSA) is 19.4 Å². The fourth-order valence-electron chi connectivity index (χ4n) is 2.06. The van der Waals surface area contributed by atoms with E-state index in [1.165, 1.54) is 0 Å². The molecule has 1 fully saturated rings. The Hall–Kier alpha value is -0.350. The zero-order chi connectivity index (χ0) is 12.4. The van der Waals surface area contributed by atoms with E-state index in [1.54, 1.807) is 12.3 Å². The molecule has 2 heterocycles. The summed E-state index contributed by atoms with van der Waals surface area (Å²) in [5.74, 6) is 0. The predicted molar refractivity (Wildman–Crippen MR) is 71.6 cm³/mol. The van der Waals surface area contributed by atoms with Gasteiger partial charge in [0.2, 0.25) is 0 Å². The van der Waals surface area contributed by atoms with Crippen LogP contribution in [0.5, 0.6) is 0 Å². The molecule has 1 aliphatic rings. The third kappa shape index (κ3) is 3.32. The molecule has 94 valence electrons. The van der Waals surface area contributed by atoms with Gasteiger partial charge in [-0.15, -0.1) is 0 Å². The van der Waals surface area contributed by atoms with E-state index in [1.807, 2.05) is 0 Å². The summed E-state index contributed by atoms with van der Waals surface area (Å²) < 4.78 is 0. The lowest BCUT2D eigenvalue weighted by Gasteiger charge is -2.37. The zero-order valence-corrected chi connectivity index (χ0v) is 11.7. The average molecular weight is 274 g/mol. The first kappa shape index (κ1) is 13.1. The van der Waals surface area contributed by atoms with E-state index in [0.29, 0.717) is 16.2 Å². The molecule has 1 saturated heterocycles. The van der Waals surface area contributed by atoms with Gasteiger partial charge in [0.1, 0.15) is 5.15 Å². The summed E-state index contributed by atoms with van der Waals surface area (Å²) in [6.07, 6.45) is 1.77. The minimum Gasteiger partial charge on any atom is -0.301 e. The largest absolute Gasteiger partial charge is 0.301 e. The van der Waals surface area contributed by atoms with Crippen LogP contribution in [0.25, 0.3) is 0 Å². The normalized spacial score (nSPS) is 22.9. The highest BCUT2D eigenvalue weighted by atomic mass is 35.5. The summed E-state index contributed by atoms with van der Waals surface area (Å²) >= 11 is 11.9.